The van der Waals surface area contributed by atoms with Gasteiger partial charge >= 0.3 is 6.03 Å². The van der Waals surface area contributed by atoms with E-state index in [1.165, 1.54) is 5.56 Å². The summed E-state index contributed by atoms with van der Waals surface area (Å²) in [5.41, 5.74) is 3.47. The third-order valence-corrected chi connectivity index (χ3v) is 4.29. The van der Waals surface area contributed by atoms with Crippen LogP contribution in [0.3, 0.4) is 0 Å². The van der Waals surface area contributed by atoms with Crippen molar-refractivity contribution in [3.8, 4) is 0 Å². The van der Waals surface area contributed by atoms with Crippen LogP contribution in [0.4, 0.5) is 4.79 Å². The van der Waals surface area contributed by atoms with Gasteiger partial charge in [0.25, 0.3) is 0 Å². The van der Waals surface area contributed by atoms with Gasteiger partial charge in [0.05, 0.1) is 12.3 Å². The van der Waals surface area contributed by atoms with Crippen LogP contribution in [0.2, 0.25) is 0 Å². The fourth-order valence-corrected chi connectivity index (χ4v) is 3.13. The molecule has 0 bridgehead atoms. The van der Waals surface area contributed by atoms with Crippen molar-refractivity contribution in [2.45, 2.75) is 25.2 Å². The third kappa shape index (κ3) is 2.85. The lowest BCUT2D eigenvalue weighted by Crippen LogP contribution is -2.40. The number of carbonyl (C=O) groups excluding carboxylic acids is 1. The van der Waals surface area contributed by atoms with Gasteiger partial charge in [-0.1, -0.05) is 0 Å². The Bertz CT molecular complexity index is 526. The Morgan fingerprint density at radius 1 is 1.33 bits per heavy atom. The molecule has 3 heterocycles. The molecule has 0 unspecified atom stereocenters. The summed E-state index contributed by atoms with van der Waals surface area (Å²) >= 11 is 0. The summed E-state index contributed by atoms with van der Waals surface area (Å²) in [6.45, 7) is 3.03. The number of amides is 2. The first kappa shape index (κ1) is 14.3. The molecule has 2 aliphatic heterocycles. The monoisotopic (exact) mass is 290 g/mol. The van der Waals surface area contributed by atoms with Gasteiger partial charge in [-0.05, 0) is 18.4 Å². The molecule has 2 amide bonds. The van der Waals surface area contributed by atoms with Crippen molar-refractivity contribution in [3.63, 3.8) is 0 Å². The lowest BCUT2D eigenvalue weighted by atomic mass is 9.96. The number of rotatable bonds is 1. The molecular formula is C15H22N4O2. The van der Waals surface area contributed by atoms with Gasteiger partial charge in [-0.3, -0.25) is 0 Å². The number of hydrogen-bond acceptors (Lipinski definition) is 4. The Morgan fingerprint density at radius 2 is 2.14 bits per heavy atom. The van der Waals surface area contributed by atoms with E-state index in [9.17, 15) is 4.79 Å². The van der Waals surface area contributed by atoms with Crippen LogP contribution in [0.25, 0.3) is 0 Å². The fourth-order valence-electron chi connectivity index (χ4n) is 3.13. The van der Waals surface area contributed by atoms with Gasteiger partial charge in [-0.15, -0.1) is 0 Å². The molecule has 6 heteroatoms. The van der Waals surface area contributed by atoms with E-state index in [2.05, 4.69) is 9.97 Å². The Balaban J connectivity index is 1.82. The van der Waals surface area contributed by atoms with Gasteiger partial charge in [0, 0.05) is 51.8 Å². The lowest BCUT2D eigenvalue weighted by molar-refractivity contribution is 0.173. The van der Waals surface area contributed by atoms with Gasteiger partial charge in [0.15, 0.2) is 0 Å². The average Bonchev–Trinajstić information content (AvgIpc) is 2.92. The number of aromatic nitrogens is 2. The van der Waals surface area contributed by atoms with E-state index in [0.29, 0.717) is 5.92 Å². The highest BCUT2D eigenvalue weighted by Gasteiger charge is 2.27. The summed E-state index contributed by atoms with van der Waals surface area (Å²) in [7, 11) is 3.59. The number of nitrogens with zero attached hydrogens (tertiary/aromatic N) is 4. The van der Waals surface area contributed by atoms with Crippen LogP contribution in [0.1, 0.15) is 29.3 Å². The molecule has 0 N–H and O–H groups in total. The van der Waals surface area contributed by atoms with Crippen molar-refractivity contribution in [1.82, 2.24) is 19.8 Å². The first-order valence-electron chi connectivity index (χ1n) is 7.53. The highest BCUT2D eigenvalue weighted by Crippen LogP contribution is 2.28. The number of carbonyl (C=O) groups is 1. The molecule has 0 saturated carbocycles. The maximum atomic E-state index is 12.1. The predicted molar refractivity (Wildman–Crippen MR) is 78.3 cm³/mol. The molecule has 2 aliphatic rings. The molecule has 1 aromatic rings. The summed E-state index contributed by atoms with van der Waals surface area (Å²) in [5, 5.41) is 0. The minimum Gasteiger partial charge on any atom is -0.381 e. The van der Waals surface area contributed by atoms with Crippen LogP contribution in [-0.2, 0) is 17.6 Å². The van der Waals surface area contributed by atoms with E-state index < -0.39 is 0 Å². The van der Waals surface area contributed by atoms with E-state index in [0.717, 1.165) is 57.0 Å². The Hall–Kier alpha value is -1.69. The molecule has 6 nitrogen and oxygen atoms in total. The van der Waals surface area contributed by atoms with Crippen molar-refractivity contribution in [1.29, 1.82) is 0 Å². The second-order valence-corrected chi connectivity index (χ2v) is 5.91. The smallest absolute Gasteiger partial charge is 0.319 e. The van der Waals surface area contributed by atoms with Crippen LogP contribution in [0.5, 0.6) is 0 Å². The minimum atomic E-state index is 0.0708. The number of urea groups is 1. The third-order valence-electron chi connectivity index (χ3n) is 4.29. The molecule has 1 saturated heterocycles. The first-order valence-corrected chi connectivity index (χ1v) is 7.53. The van der Waals surface area contributed by atoms with E-state index in [1.807, 2.05) is 4.90 Å². The van der Waals surface area contributed by atoms with Crippen molar-refractivity contribution in [2.75, 3.05) is 40.4 Å². The predicted octanol–water partition coefficient (Wildman–Crippen LogP) is 1.06. The molecule has 1 aromatic heterocycles. The number of fused-ring (bicyclic) bond motifs is 1. The van der Waals surface area contributed by atoms with E-state index in [4.69, 9.17) is 4.74 Å². The summed E-state index contributed by atoms with van der Waals surface area (Å²) in [6.07, 6.45) is 4.33. The van der Waals surface area contributed by atoms with Crippen LogP contribution in [0, 0.1) is 0 Å². The molecule has 114 valence electrons. The van der Waals surface area contributed by atoms with Crippen molar-refractivity contribution >= 4 is 6.03 Å². The number of hydrogen-bond donors (Lipinski definition) is 0. The standard InChI is InChI=1S/C15H22N4O2/c1-18(2)15(20)19-6-3-12-13(4-7-19)16-10-17-14(12)11-5-8-21-9-11/h10-11H,3-9H2,1-2H3/t11-/m0/s1. The van der Waals surface area contributed by atoms with Crippen LogP contribution in [-0.4, -0.2) is 66.2 Å². The van der Waals surface area contributed by atoms with Crippen LogP contribution >= 0.6 is 0 Å². The van der Waals surface area contributed by atoms with Crippen LogP contribution < -0.4 is 0 Å². The first-order chi connectivity index (χ1) is 10.2. The van der Waals surface area contributed by atoms with Gasteiger partial charge in [-0.25, -0.2) is 14.8 Å². The molecule has 0 aromatic carbocycles. The quantitative estimate of drug-likeness (QED) is 0.776. The topological polar surface area (TPSA) is 58.6 Å². The zero-order valence-corrected chi connectivity index (χ0v) is 12.7. The maximum absolute atomic E-state index is 12.1. The van der Waals surface area contributed by atoms with Gasteiger partial charge in [0.1, 0.15) is 6.33 Å². The fraction of sp³-hybridized carbons (Fsp3) is 0.667. The minimum absolute atomic E-state index is 0.0708. The zero-order chi connectivity index (χ0) is 14.8. The molecule has 21 heavy (non-hydrogen) atoms. The number of ether oxygens (including phenoxy) is 1. The second-order valence-electron chi connectivity index (χ2n) is 5.91. The maximum Gasteiger partial charge on any atom is 0.319 e. The van der Waals surface area contributed by atoms with E-state index in [1.54, 1.807) is 25.3 Å². The van der Waals surface area contributed by atoms with Gasteiger partial charge in [-0.2, -0.15) is 0 Å². The molecule has 0 aliphatic carbocycles. The Morgan fingerprint density at radius 3 is 2.86 bits per heavy atom. The van der Waals surface area contributed by atoms with Gasteiger partial charge in [0.2, 0.25) is 0 Å². The van der Waals surface area contributed by atoms with Gasteiger partial charge < -0.3 is 14.5 Å². The van der Waals surface area contributed by atoms with Crippen molar-refractivity contribution in [2.24, 2.45) is 0 Å². The molecular weight excluding hydrogens is 268 g/mol. The largest absolute Gasteiger partial charge is 0.381 e. The van der Waals surface area contributed by atoms with Crippen LogP contribution in [0.15, 0.2) is 6.33 Å². The summed E-state index contributed by atoms with van der Waals surface area (Å²) in [4.78, 5) is 24.6. The normalized spacial score (nSPS) is 21.8. The lowest BCUT2D eigenvalue weighted by Gasteiger charge is -2.24. The molecule has 3 rings (SSSR count). The van der Waals surface area contributed by atoms with E-state index in [-0.39, 0.29) is 6.03 Å². The SMILES string of the molecule is CN(C)C(=O)N1CCc2ncnc([C@H]3CCOC3)c2CC1. The Kier molecular flexibility index (Phi) is 4.05. The summed E-state index contributed by atoms with van der Waals surface area (Å²) in [5.74, 6) is 0.387. The summed E-state index contributed by atoms with van der Waals surface area (Å²) < 4.78 is 5.49. The van der Waals surface area contributed by atoms with Crippen molar-refractivity contribution in [3.05, 3.63) is 23.3 Å². The Labute approximate surface area is 125 Å². The highest BCUT2D eigenvalue weighted by molar-refractivity contribution is 5.74. The summed E-state index contributed by atoms with van der Waals surface area (Å²) in [6, 6.07) is 0.0708. The van der Waals surface area contributed by atoms with E-state index >= 15 is 0 Å². The molecule has 1 atom stereocenters. The average molecular weight is 290 g/mol. The highest BCUT2D eigenvalue weighted by atomic mass is 16.5. The second kappa shape index (κ2) is 5.97. The zero-order valence-electron chi connectivity index (χ0n) is 12.7. The molecule has 1 fully saturated rings. The molecule has 0 spiro atoms. The van der Waals surface area contributed by atoms with Crippen molar-refractivity contribution < 1.29 is 9.53 Å². The molecule has 0 radical (unpaired) electrons.